The number of carbonyl (C=O) groups is 1. The van der Waals surface area contributed by atoms with Crippen LogP contribution >= 0.6 is 0 Å². The summed E-state index contributed by atoms with van der Waals surface area (Å²) >= 11 is 0. The number of rotatable bonds is 8. The Balaban J connectivity index is 1.75. The molecule has 0 heterocycles. The lowest BCUT2D eigenvalue weighted by atomic mass is 10.0. The van der Waals surface area contributed by atoms with Crippen molar-refractivity contribution in [2.24, 2.45) is 5.92 Å². The van der Waals surface area contributed by atoms with Crippen molar-refractivity contribution in [2.45, 2.75) is 25.3 Å². The van der Waals surface area contributed by atoms with Gasteiger partial charge in [0.05, 0.1) is 33.8 Å². The van der Waals surface area contributed by atoms with Gasteiger partial charge in [0.15, 0.2) is 11.5 Å². The molecule has 2 aromatic rings. The van der Waals surface area contributed by atoms with Crippen LogP contribution in [0.4, 0.5) is 0 Å². The second-order valence-corrected chi connectivity index (χ2v) is 6.50. The molecule has 1 aliphatic rings. The van der Waals surface area contributed by atoms with Crippen LogP contribution in [0.1, 0.15) is 30.0 Å². The first-order valence-electron chi connectivity index (χ1n) is 8.79. The van der Waals surface area contributed by atoms with E-state index >= 15 is 0 Å². The molecule has 0 bridgehead atoms. The fourth-order valence-corrected chi connectivity index (χ4v) is 3.21. The summed E-state index contributed by atoms with van der Waals surface area (Å²) in [5, 5.41) is 3.20. The van der Waals surface area contributed by atoms with E-state index in [1.807, 2.05) is 30.3 Å². The van der Waals surface area contributed by atoms with Crippen molar-refractivity contribution in [1.82, 2.24) is 5.32 Å². The Morgan fingerprint density at radius 3 is 2.15 bits per heavy atom. The van der Waals surface area contributed by atoms with Gasteiger partial charge in [0, 0.05) is 0 Å². The molecule has 1 unspecified atom stereocenters. The maximum absolute atomic E-state index is 12.7. The summed E-state index contributed by atoms with van der Waals surface area (Å²) in [6, 6.07) is 13.9. The minimum Gasteiger partial charge on any atom is -0.493 e. The van der Waals surface area contributed by atoms with E-state index in [-0.39, 0.29) is 18.4 Å². The highest BCUT2D eigenvalue weighted by atomic mass is 16.5. The lowest BCUT2D eigenvalue weighted by Crippen LogP contribution is -2.31. The first kappa shape index (κ1) is 18.1. The summed E-state index contributed by atoms with van der Waals surface area (Å²) in [5.74, 6) is 2.15. The highest BCUT2D eigenvalue weighted by Crippen LogP contribution is 2.41. The third-order valence-corrected chi connectivity index (χ3v) is 4.66. The zero-order chi connectivity index (χ0) is 18.5. The normalized spacial score (nSPS) is 14.4. The Bertz CT molecular complexity index is 731. The average molecular weight is 355 g/mol. The lowest BCUT2D eigenvalue weighted by Gasteiger charge is -2.19. The van der Waals surface area contributed by atoms with Crippen molar-refractivity contribution in [3.63, 3.8) is 0 Å². The Morgan fingerprint density at radius 1 is 1.04 bits per heavy atom. The Labute approximate surface area is 154 Å². The Kier molecular flexibility index (Phi) is 5.66. The number of hydrogen-bond donors (Lipinski definition) is 1. The molecule has 5 nitrogen and oxygen atoms in total. The van der Waals surface area contributed by atoms with Crippen LogP contribution in [0.3, 0.4) is 0 Å². The second kappa shape index (κ2) is 8.13. The Morgan fingerprint density at radius 2 is 1.65 bits per heavy atom. The number of hydrogen-bond acceptors (Lipinski definition) is 4. The molecule has 5 heteroatoms. The largest absolute Gasteiger partial charge is 0.493 e. The van der Waals surface area contributed by atoms with Crippen molar-refractivity contribution < 1.29 is 19.0 Å². The van der Waals surface area contributed by atoms with Gasteiger partial charge in [0.2, 0.25) is 11.7 Å². The van der Waals surface area contributed by atoms with Gasteiger partial charge >= 0.3 is 0 Å². The smallest absolute Gasteiger partial charge is 0.224 e. The maximum atomic E-state index is 12.7. The molecule has 0 aromatic heterocycles. The quantitative estimate of drug-likeness (QED) is 0.787. The third kappa shape index (κ3) is 4.10. The molecule has 1 saturated carbocycles. The van der Waals surface area contributed by atoms with Crippen LogP contribution in [0.15, 0.2) is 42.5 Å². The summed E-state index contributed by atoms with van der Waals surface area (Å²) in [5.41, 5.74) is 1.98. The van der Waals surface area contributed by atoms with E-state index in [1.54, 1.807) is 21.3 Å². The zero-order valence-electron chi connectivity index (χ0n) is 15.5. The van der Waals surface area contributed by atoms with E-state index < -0.39 is 0 Å². The molecule has 2 aromatic carbocycles. The first-order chi connectivity index (χ1) is 12.7. The monoisotopic (exact) mass is 355 g/mol. The van der Waals surface area contributed by atoms with E-state index in [2.05, 4.69) is 17.4 Å². The van der Waals surface area contributed by atoms with E-state index in [9.17, 15) is 4.79 Å². The van der Waals surface area contributed by atoms with Gasteiger partial charge in [0.25, 0.3) is 0 Å². The fourth-order valence-electron chi connectivity index (χ4n) is 3.21. The number of benzene rings is 2. The Hall–Kier alpha value is -2.69. The van der Waals surface area contributed by atoms with Gasteiger partial charge in [-0.2, -0.15) is 0 Å². The number of carbonyl (C=O) groups excluding carboxylic acids is 1. The summed E-state index contributed by atoms with van der Waals surface area (Å²) in [4.78, 5) is 12.7. The standard InChI is InChI=1S/C21H25NO4/c1-24-17-11-14(12-18(25-2)21(17)26-3)13-19(23)22-20(16-9-10-16)15-7-5-4-6-8-15/h4-8,11-12,16,20H,9-10,13H2,1-3H3,(H,22,23). The average Bonchev–Trinajstić information content (AvgIpc) is 3.51. The second-order valence-electron chi connectivity index (χ2n) is 6.50. The number of ether oxygens (including phenoxy) is 3. The summed E-state index contributed by atoms with van der Waals surface area (Å²) in [7, 11) is 4.70. The van der Waals surface area contributed by atoms with E-state index in [0.717, 1.165) is 24.0 Å². The van der Waals surface area contributed by atoms with Gasteiger partial charge in [0.1, 0.15) is 0 Å². The minimum atomic E-state index is -0.0139. The first-order valence-corrected chi connectivity index (χ1v) is 8.79. The molecule has 1 aliphatic carbocycles. The van der Waals surface area contributed by atoms with Gasteiger partial charge in [-0.25, -0.2) is 0 Å². The SMILES string of the molecule is COc1cc(CC(=O)NC(c2ccccc2)C2CC2)cc(OC)c1OC. The molecule has 138 valence electrons. The number of nitrogens with one attached hydrogen (secondary N) is 1. The number of methoxy groups -OCH3 is 3. The van der Waals surface area contributed by atoms with Gasteiger partial charge < -0.3 is 19.5 Å². The molecule has 1 atom stereocenters. The van der Waals surface area contributed by atoms with Crippen LogP contribution in [0.2, 0.25) is 0 Å². The zero-order valence-corrected chi connectivity index (χ0v) is 15.5. The molecule has 1 amide bonds. The predicted octanol–water partition coefficient (Wildman–Crippen LogP) is 3.52. The van der Waals surface area contributed by atoms with Crippen molar-refractivity contribution in [3.8, 4) is 17.2 Å². The van der Waals surface area contributed by atoms with E-state index in [0.29, 0.717) is 23.2 Å². The molecule has 0 saturated heterocycles. The van der Waals surface area contributed by atoms with Crippen molar-refractivity contribution in [2.75, 3.05) is 21.3 Å². The maximum Gasteiger partial charge on any atom is 0.224 e. The van der Waals surface area contributed by atoms with Gasteiger partial charge in [-0.05, 0) is 42.0 Å². The van der Waals surface area contributed by atoms with Crippen LogP contribution in [-0.2, 0) is 11.2 Å². The van der Waals surface area contributed by atoms with E-state index in [1.165, 1.54) is 0 Å². The number of amides is 1. The van der Waals surface area contributed by atoms with Gasteiger partial charge in [-0.3, -0.25) is 4.79 Å². The summed E-state index contributed by atoms with van der Waals surface area (Å²) in [6.07, 6.45) is 2.57. The van der Waals surface area contributed by atoms with Crippen molar-refractivity contribution in [3.05, 3.63) is 53.6 Å². The molecular formula is C21H25NO4. The molecule has 0 radical (unpaired) electrons. The summed E-state index contributed by atoms with van der Waals surface area (Å²) < 4.78 is 16.1. The van der Waals surface area contributed by atoms with Gasteiger partial charge in [-0.1, -0.05) is 30.3 Å². The van der Waals surface area contributed by atoms with Crippen LogP contribution in [-0.4, -0.2) is 27.2 Å². The highest BCUT2D eigenvalue weighted by molar-refractivity contribution is 5.79. The summed E-state index contributed by atoms with van der Waals surface area (Å²) in [6.45, 7) is 0. The third-order valence-electron chi connectivity index (χ3n) is 4.66. The van der Waals surface area contributed by atoms with Crippen molar-refractivity contribution >= 4 is 5.91 Å². The van der Waals surface area contributed by atoms with Crippen LogP contribution < -0.4 is 19.5 Å². The molecule has 0 aliphatic heterocycles. The molecule has 3 rings (SSSR count). The van der Waals surface area contributed by atoms with Crippen LogP contribution in [0.25, 0.3) is 0 Å². The van der Waals surface area contributed by atoms with Gasteiger partial charge in [-0.15, -0.1) is 0 Å². The topological polar surface area (TPSA) is 56.8 Å². The predicted molar refractivity (Wildman–Crippen MR) is 99.9 cm³/mol. The molecule has 0 spiro atoms. The molecular weight excluding hydrogens is 330 g/mol. The molecule has 1 fully saturated rings. The van der Waals surface area contributed by atoms with Crippen LogP contribution in [0, 0.1) is 5.92 Å². The van der Waals surface area contributed by atoms with E-state index in [4.69, 9.17) is 14.2 Å². The van der Waals surface area contributed by atoms with Crippen LogP contribution in [0.5, 0.6) is 17.2 Å². The minimum absolute atomic E-state index is 0.0139. The molecule has 1 N–H and O–H groups in total. The highest BCUT2D eigenvalue weighted by Gasteiger charge is 2.33. The van der Waals surface area contributed by atoms with Crippen molar-refractivity contribution in [1.29, 1.82) is 0 Å². The molecule has 26 heavy (non-hydrogen) atoms. The fraction of sp³-hybridized carbons (Fsp3) is 0.381. The lowest BCUT2D eigenvalue weighted by molar-refractivity contribution is -0.121.